The molecule has 1 atom stereocenters. The Morgan fingerprint density at radius 2 is 1.60 bits per heavy atom. The van der Waals surface area contributed by atoms with Crippen molar-refractivity contribution in [2.24, 2.45) is 0 Å². The van der Waals surface area contributed by atoms with Gasteiger partial charge in [0.1, 0.15) is 12.4 Å². The third-order valence-corrected chi connectivity index (χ3v) is 4.21. The summed E-state index contributed by atoms with van der Waals surface area (Å²) in [6.45, 7) is 4.79. The van der Waals surface area contributed by atoms with Gasteiger partial charge in [0.15, 0.2) is 0 Å². The topological polar surface area (TPSA) is 9.23 Å². The molecule has 0 aliphatic carbocycles. The molecule has 106 valence electrons. The van der Waals surface area contributed by atoms with Crippen LogP contribution >= 0.6 is 23.2 Å². The quantitative estimate of drug-likeness (QED) is 0.649. The summed E-state index contributed by atoms with van der Waals surface area (Å²) in [4.78, 5) is 0. The molecule has 1 unspecified atom stereocenters. The number of ether oxygens (including phenoxy) is 1. The first-order chi connectivity index (χ1) is 9.61. The first-order valence-corrected chi connectivity index (χ1v) is 7.53. The Labute approximate surface area is 130 Å². The van der Waals surface area contributed by atoms with Crippen LogP contribution in [0, 0.1) is 0 Å². The Bertz CT molecular complexity index is 543. The minimum absolute atomic E-state index is 0.376. The number of rotatable bonds is 5. The summed E-state index contributed by atoms with van der Waals surface area (Å²) in [5.74, 6) is 1.40. The lowest BCUT2D eigenvalue weighted by atomic mass is 9.99. The molecule has 3 heteroatoms. The smallest absolute Gasteiger partial charge is 0.119 e. The second kappa shape index (κ2) is 7.01. The SMILES string of the molecule is CCC(C)c1ccc(OCc2c(Cl)cccc2Cl)cc1. The molecule has 0 aromatic heterocycles. The van der Waals surface area contributed by atoms with Gasteiger partial charge in [0.2, 0.25) is 0 Å². The van der Waals surface area contributed by atoms with Gasteiger partial charge in [0.25, 0.3) is 0 Å². The maximum Gasteiger partial charge on any atom is 0.119 e. The highest BCUT2D eigenvalue weighted by Gasteiger charge is 2.07. The van der Waals surface area contributed by atoms with Crippen molar-refractivity contribution in [3.63, 3.8) is 0 Å². The Balaban J connectivity index is 2.04. The van der Waals surface area contributed by atoms with Crippen molar-refractivity contribution in [3.05, 3.63) is 63.6 Å². The maximum atomic E-state index is 6.12. The molecule has 0 radical (unpaired) electrons. The Morgan fingerprint density at radius 1 is 1.00 bits per heavy atom. The van der Waals surface area contributed by atoms with Crippen LogP contribution in [-0.4, -0.2) is 0 Å². The predicted molar refractivity (Wildman–Crippen MR) is 85.9 cm³/mol. The second-order valence-corrected chi connectivity index (χ2v) is 5.68. The van der Waals surface area contributed by atoms with E-state index in [2.05, 4.69) is 26.0 Å². The molecule has 0 aliphatic rings. The molecule has 0 saturated heterocycles. The van der Waals surface area contributed by atoms with Gasteiger partial charge in [-0.2, -0.15) is 0 Å². The van der Waals surface area contributed by atoms with E-state index < -0.39 is 0 Å². The number of hydrogen-bond acceptors (Lipinski definition) is 1. The summed E-state index contributed by atoms with van der Waals surface area (Å²) in [6, 6.07) is 13.7. The van der Waals surface area contributed by atoms with Gasteiger partial charge in [-0.15, -0.1) is 0 Å². The zero-order valence-corrected chi connectivity index (χ0v) is 13.2. The van der Waals surface area contributed by atoms with Crippen LogP contribution < -0.4 is 4.74 Å². The van der Waals surface area contributed by atoms with Gasteiger partial charge >= 0.3 is 0 Å². The van der Waals surface area contributed by atoms with Gasteiger partial charge in [0.05, 0.1) is 0 Å². The molecule has 0 aliphatic heterocycles. The number of benzene rings is 2. The van der Waals surface area contributed by atoms with Crippen LogP contribution in [0.1, 0.15) is 37.3 Å². The second-order valence-electron chi connectivity index (χ2n) is 4.87. The zero-order chi connectivity index (χ0) is 14.5. The highest BCUT2D eigenvalue weighted by atomic mass is 35.5. The largest absolute Gasteiger partial charge is 0.489 e. The maximum absolute atomic E-state index is 6.12. The fourth-order valence-electron chi connectivity index (χ4n) is 1.95. The molecule has 0 fully saturated rings. The van der Waals surface area contributed by atoms with Gasteiger partial charge in [0, 0.05) is 15.6 Å². The molecule has 1 nitrogen and oxygen atoms in total. The fourth-order valence-corrected chi connectivity index (χ4v) is 2.46. The van der Waals surface area contributed by atoms with Gasteiger partial charge in [-0.3, -0.25) is 0 Å². The normalized spacial score (nSPS) is 12.2. The van der Waals surface area contributed by atoms with E-state index >= 15 is 0 Å². The van der Waals surface area contributed by atoms with Crippen LogP contribution in [0.25, 0.3) is 0 Å². The Morgan fingerprint density at radius 3 is 2.15 bits per heavy atom. The molecule has 20 heavy (non-hydrogen) atoms. The van der Waals surface area contributed by atoms with Crippen molar-refractivity contribution in [2.75, 3.05) is 0 Å². The summed E-state index contributed by atoms with van der Waals surface area (Å²) in [6.07, 6.45) is 1.13. The third-order valence-electron chi connectivity index (χ3n) is 3.51. The van der Waals surface area contributed by atoms with Crippen molar-refractivity contribution >= 4 is 23.2 Å². The standard InChI is InChI=1S/C17H18Cl2O/c1-3-12(2)13-7-9-14(10-8-13)20-11-15-16(18)5-4-6-17(15)19/h4-10,12H,3,11H2,1-2H3. The monoisotopic (exact) mass is 308 g/mol. The molecule has 2 rings (SSSR count). The molecule has 2 aromatic carbocycles. The van der Waals surface area contributed by atoms with E-state index in [1.165, 1.54) is 5.56 Å². The van der Waals surface area contributed by atoms with E-state index in [0.717, 1.165) is 17.7 Å². The number of hydrogen-bond donors (Lipinski definition) is 0. The van der Waals surface area contributed by atoms with Crippen molar-refractivity contribution in [1.82, 2.24) is 0 Å². The van der Waals surface area contributed by atoms with Crippen LogP contribution in [0.4, 0.5) is 0 Å². The zero-order valence-electron chi connectivity index (χ0n) is 11.7. The molecule has 0 heterocycles. The van der Waals surface area contributed by atoms with Gasteiger partial charge in [-0.1, -0.05) is 55.2 Å². The summed E-state index contributed by atoms with van der Waals surface area (Å²) in [5.41, 5.74) is 2.15. The molecular formula is C17H18Cl2O. The summed E-state index contributed by atoms with van der Waals surface area (Å²) < 4.78 is 5.75. The average Bonchev–Trinajstić information content (AvgIpc) is 2.46. The van der Waals surface area contributed by atoms with Gasteiger partial charge < -0.3 is 4.74 Å². The third kappa shape index (κ3) is 3.68. The molecule has 0 bridgehead atoms. The first-order valence-electron chi connectivity index (χ1n) is 6.77. The van der Waals surface area contributed by atoms with Gasteiger partial charge in [-0.25, -0.2) is 0 Å². The van der Waals surface area contributed by atoms with E-state index in [1.54, 1.807) is 0 Å². The molecular weight excluding hydrogens is 291 g/mol. The van der Waals surface area contributed by atoms with E-state index in [9.17, 15) is 0 Å². The van der Waals surface area contributed by atoms with Crippen molar-refractivity contribution in [2.45, 2.75) is 32.8 Å². The average molecular weight is 309 g/mol. The van der Waals surface area contributed by atoms with E-state index in [0.29, 0.717) is 22.6 Å². The van der Waals surface area contributed by atoms with Crippen LogP contribution in [-0.2, 0) is 6.61 Å². The van der Waals surface area contributed by atoms with Crippen LogP contribution in [0.15, 0.2) is 42.5 Å². The highest BCUT2D eigenvalue weighted by molar-refractivity contribution is 6.35. The Kier molecular flexibility index (Phi) is 5.33. The molecule has 0 spiro atoms. The van der Waals surface area contributed by atoms with Crippen LogP contribution in [0.3, 0.4) is 0 Å². The number of halogens is 2. The fraction of sp³-hybridized carbons (Fsp3) is 0.294. The van der Waals surface area contributed by atoms with E-state index in [1.807, 2.05) is 30.3 Å². The lowest BCUT2D eigenvalue weighted by Gasteiger charge is -2.12. The predicted octanol–water partition coefficient (Wildman–Crippen LogP) is 6.09. The molecule has 0 saturated carbocycles. The van der Waals surface area contributed by atoms with Crippen LogP contribution in [0.2, 0.25) is 10.0 Å². The summed E-state index contributed by atoms with van der Waals surface area (Å²) in [5, 5.41) is 1.27. The molecule has 0 N–H and O–H groups in total. The lowest BCUT2D eigenvalue weighted by molar-refractivity contribution is 0.306. The minimum Gasteiger partial charge on any atom is -0.489 e. The summed E-state index contributed by atoms with van der Waals surface area (Å²) >= 11 is 12.2. The minimum atomic E-state index is 0.376. The van der Waals surface area contributed by atoms with Gasteiger partial charge in [-0.05, 0) is 42.2 Å². The van der Waals surface area contributed by atoms with Crippen molar-refractivity contribution in [3.8, 4) is 5.75 Å². The Hall–Kier alpha value is -1.18. The van der Waals surface area contributed by atoms with Crippen LogP contribution in [0.5, 0.6) is 5.75 Å². The first kappa shape index (κ1) is 15.2. The van der Waals surface area contributed by atoms with Crippen molar-refractivity contribution < 1.29 is 4.74 Å². The summed E-state index contributed by atoms with van der Waals surface area (Å²) in [7, 11) is 0. The van der Waals surface area contributed by atoms with E-state index in [4.69, 9.17) is 27.9 Å². The molecule has 0 amide bonds. The van der Waals surface area contributed by atoms with Crippen molar-refractivity contribution in [1.29, 1.82) is 0 Å². The molecule has 2 aromatic rings. The highest BCUT2D eigenvalue weighted by Crippen LogP contribution is 2.26. The lowest BCUT2D eigenvalue weighted by Crippen LogP contribution is -1.98. The van der Waals surface area contributed by atoms with E-state index in [-0.39, 0.29) is 0 Å².